The summed E-state index contributed by atoms with van der Waals surface area (Å²) in [5.74, 6) is -5.36. The number of ether oxygens (including phenoxy) is 2. The first kappa shape index (κ1) is 23.8. The molecule has 0 radical (unpaired) electrons. The van der Waals surface area contributed by atoms with E-state index in [9.17, 15) is 32.7 Å². The van der Waals surface area contributed by atoms with Gasteiger partial charge in [0.15, 0.2) is 11.3 Å². The average Bonchev–Trinajstić information content (AvgIpc) is 3.24. The van der Waals surface area contributed by atoms with E-state index >= 15 is 0 Å². The maximum atomic E-state index is 12.9. The van der Waals surface area contributed by atoms with Gasteiger partial charge >= 0.3 is 18.1 Å². The van der Waals surface area contributed by atoms with Crippen LogP contribution in [-0.4, -0.2) is 61.0 Å². The highest BCUT2D eigenvalue weighted by Crippen LogP contribution is 2.37. The van der Waals surface area contributed by atoms with Crippen LogP contribution in [-0.2, 0) is 22.6 Å². The minimum atomic E-state index is -5.38. The van der Waals surface area contributed by atoms with E-state index < -0.39 is 35.0 Å². The second-order valence-corrected chi connectivity index (χ2v) is 8.07. The number of esters is 1. The lowest BCUT2D eigenvalue weighted by Crippen LogP contribution is -2.31. The number of alkyl halides is 3. The largest absolute Gasteiger partial charge is 0.491 e. The molecule has 2 aliphatic heterocycles. The van der Waals surface area contributed by atoms with Gasteiger partial charge in [0.1, 0.15) is 0 Å². The van der Waals surface area contributed by atoms with Crippen molar-refractivity contribution in [1.82, 2.24) is 10.3 Å². The Morgan fingerprint density at radius 1 is 1.32 bits per heavy atom. The number of nitrogens with zero attached hydrogens (tertiary/aromatic N) is 1. The Morgan fingerprint density at radius 2 is 2.09 bits per heavy atom. The molecule has 0 amide bonds. The number of carboxylic acid groups (broad SMARTS) is 1. The Balaban J connectivity index is 1.85. The van der Waals surface area contributed by atoms with Crippen LogP contribution >= 0.6 is 0 Å². The van der Waals surface area contributed by atoms with Crippen molar-refractivity contribution in [3.8, 4) is 17.0 Å². The molecule has 34 heavy (non-hydrogen) atoms. The molecule has 1 unspecified atom stereocenters. The van der Waals surface area contributed by atoms with E-state index in [1.165, 1.54) is 0 Å². The van der Waals surface area contributed by atoms with Crippen LogP contribution in [0.25, 0.3) is 11.3 Å². The number of aromatic amines is 1. The monoisotopic (exact) mass is 481 g/mol. The number of carboxylic acids is 1. The number of hydrogen-bond donors (Lipinski definition) is 3. The summed E-state index contributed by atoms with van der Waals surface area (Å²) in [6, 6.07) is 5.72. The highest BCUT2D eigenvalue weighted by molar-refractivity contribution is 5.94. The molecular formula is C22H22F3N3O6. The number of carbonyl (C=O) groups is 2. The van der Waals surface area contributed by atoms with Crippen molar-refractivity contribution in [2.75, 3.05) is 31.6 Å². The van der Waals surface area contributed by atoms with Gasteiger partial charge in [-0.25, -0.2) is 9.59 Å². The summed E-state index contributed by atoms with van der Waals surface area (Å²) in [7, 11) is 1.89. The van der Waals surface area contributed by atoms with Crippen molar-refractivity contribution >= 4 is 17.6 Å². The fourth-order valence-corrected chi connectivity index (χ4v) is 4.27. The summed E-state index contributed by atoms with van der Waals surface area (Å²) in [5.41, 5.74) is -0.205. The lowest BCUT2D eigenvalue weighted by Gasteiger charge is -2.24. The molecule has 0 bridgehead atoms. The number of fused-ring (bicyclic) bond motifs is 3. The first-order valence-electron chi connectivity index (χ1n) is 10.5. The van der Waals surface area contributed by atoms with Crippen LogP contribution in [0.4, 0.5) is 18.9 Å². The Bertz CT molecular complexity index is 1190. The number of aromatic carboxylic acids is 1. The van der Waals surface area contributed by atoms with Crippen molar-refractivity contribution in [3.05, 3.63) is 45.2 Å². The molecule has 3 N–H and O–H groups in total. The lowest BCUT2D eigenvalue weighted by atomic mass is 9.95. The summed E-state index contributed by atoms with van der Waals surface area (Å²) in [4.78, 5) is 40.4. The number of H-pyrrole nitrogens is 1. The average molecular weight is 481 g/mol. The van der Waals surface area contributed by atoms with Crippen LogP contribution in [0.3, 0.4) is 0 Å². The second kappa shape index (κ2) is 9.11. The molecule has 0 spiro atoms. The Kier molecular flexibility index (Phi) is 6.36. The molecule has 2 aliphatic rings. The summed E-state index contributed by atoms with van der Waals surface area (Å²) in [6.45, 7) is 1.80. The highest BCUT2D eigenvalue weighted by atomic mass is 19.4. The third kappa shape index (κ3) is 4.50. The van der Waals surface area contributed by atoms with Gasteiger partial charge in [-0.2, -0.15) is 13.2 Å². The summed E-state index contributed by atoms with van der Waals surface area (Å²) < 4.78 is 48.8. The van der Waals surface area contributed by atoms with Crippen molar-refractivity contribution in [2.45, 2.75) is 31.7 Å². The molecule has 2 aromatic rings. The van der Waals surface area contributed by atoms with Crippen LogP contribution in [0, 0.1) is 0 Å². The van der Waals surface area contributed by atoms with Gasteiger partial charge in [-0.3, -0.25) is 4.79 Å². The molecule has 9 nitrogen and oxygen atoms in total. The molecule has 1 saturated heterocycles. The van der Waals surface area contributed by atoms with Crippen LogP contribution in [0.15, 0.2) is 23.0 Å². The lowest BCUT2D eigenvalue weighted by molar-refractivity contribution is -0.189. The van der Waals surface area contributed by atoms with Crippen molar-refractivity contribution in [1.29, 1.82) is 0 Å². The van der Waals surface area contributed by atoms with Gasteiger partial charge in [0.2, 0.25) is 0 Å². The molecule has 0 saturated carbocycles. The number of pyridine rings is 1. The predicted octanol–water partition coefficient (Wildman–Crippen LogP) is 2.08. The minimum Gasteiger partial charge on any atom is -0.477 e. The zero-order chi connectivity index (χ0) is 24.6. The number of aromatic nitrogens is 1. The molecule has 0 aliphatic carbocycles. The number of hydrogen-bond acceptors (Lipinski definition) is 7. The fraction of sp³-hybridized carbons (Fsp3) is 0.409. The smallest absolute Gasteiger partial charge is 0.477 e. The number of likely N-dealkylation sites (N-methyl/N-ethyl adjacent to an activating group) is 1. The first-order valence-corrected chi connectivity index (χ1v) is 10.5. The van der Waals surface area contributed by atoms with Crippen molar-refractivity contribution in [3.63, 3.8) is 0 Å². The maximum Gasteiger partial charge on any atom is 0.491 e. The molecule has 1 atom stereocenters. The van der Waals surface area contributed by atoms with E-state index in [1.807, 2.05) is 19.2 Å². The number of halogens is 3. The molecular weight excluding hydrogens is 459 g/mol. The SMILES string of the molecule is CNC1CCN(c2ccc3c(c2)COCCc2c-3[nH]c(=O)c(C(=O)O)c2OC(=O)C(F)(F)F)C1. The van der Waals surface area contributed by atoms with Gasteiger partial charge < -0.3 is 29.8 Å². The molecule has 1 aromatic carbocycles. The molecule has 182 valence electrons. The highest BCUT2D eigenvalue weighted by Gasteiger charge is 2.43. The topological polar surface area (TPSA) is 121 Å². The molecule has 4 rings (SSSR count). The van der Waals surface area contributed by atoms with Crippen molar-refractivity contribution in [2.24, 2.45) is 0 Å². The van der Waals surface area contributed by atoms with Gasteiger partial charge in [0, 0.05) is 42.4 Å². The summed E-state index contributed by atoms with van der Waals surface area (Å²) in [5, 5.41) is 12.7. The zero-order valence-electron chi connectivity index (χ0n) is 18.1. The van der Waals surface area contributed by atoms with Crippen LogP contribution in [0.1, 0.15) is 27.9 Å². The van der Waals surface area contributed by atoms with E-state index in [0.717, 1.165) is 25.2 Å². The van der Waals surface area contributed by atoms with E-state index in [-0.39, 0.29) is 30.9 Å². The molecule has 1 fully saturated rings. The first-order chi connectivity index (χ1) is 16.1. The zero-order valence-corrected chi connectivity index (χ0v) is 18.1. The van der Waals surface area contributed by atoms with Crippen LogP contribution in [0.2, 0.25) is 0 Å². The van der Waals surface area contributed by atoms with Crippen LogP contribution < -0.4 is 20.5 Å². The standard InChI is InChI=1S/C22H22F3N3O6/c1-26-12-4-6-28(9-12)13-2-3-14-11(8-13)10-33-7-5-15-17(14)27-19(29)16(20(30)31)18(15)34-21(32)22(23,24)25/h2-3,8,12,26H,4-7,9-10H2,1H3,(H,27,29)(H,30,31). The number of carbonyl (C=O) groups excluding carboxylic acids is 1. The van der Waals surface area contributed by atoms with Crippen LogP contribution in [0.5, 0.6) is 5.75 Å². The maximum absolute atomic E-state index is 12.9. The van der Waals surface area contributed by atoms with E-state index in [2.05, 4.69) is 19.9 Å². The summed E-state index contributed by atoms with van der Waals surface area (Å²) in [6.07, 6.45) is -4.49. The second-order valence-electron chi connectivity index (χ2n) is 8.07. The fourth-order valence-electron chi connectivity index (χ4n) is 4.27. The van der Waals surface area contributed by atoms with E-state index in [1.54, 1.807) is 6.07 Å². The van der Waals surface area contributed by atoms with Gasteiger partial charge in [-0.05, 0) is 31.2 Å². The number of benzene rings is 1. The Hall–Kier alpha value is -3.38. The third-order valence-corrected chi connectivity index (χ3v) is 5.98. The normalized spacial score (nSPS) is 18.0. The number of rotatable bonds is 4. The van der Waals surface area contributed by atoms with Gasteiger partial charge in [0.05, 0.1) is 18.9 Å². The van der Waals surface area contributed by atoms with Gasteiger partial charge in [-0.15, -0.1) is 0 Å². The summed E-state index contributed by atoms with van der Waals surface area (Å²) >= 11 is 0. The molecule has 1 aromatic heterocycles. The Labute approximate surface area is 191 Å². The molecule has 3 heterocycles. The van der Waals surface area contributed by atoms with Crippen molar-refractivity contribution < 1.29 is 37.3 Å². The molecule has 12 heteroatoms. The number of anilines is 1. The minimum absolute atomic E-state index is 0.00385. The quantitative estimate of drug-likeness (QED) is 0.568. The van der Waals surface area contributed by atoms with Gasteiger partial charge in [0.25, 0.3) is 5.56 Å². The number of nitrogens with one attached hydrogen (secondary N) is 2. The van der Waals surface area contributed by atoms with E-state index in [4.69, 9.17) is 4.74 Å². The van der Waals surface area contributed by atoms with E-state index in [0.29, 0.717) is 17.2 Å². The predicted molar refractivity (Wildman–Crippen MR) is 114 cm³/mol. The Morgan fingerprint density at radius 3 is 2.74 bits per heavy atom. The third-order valence-electron chi connectivity index (χ3n) is 5.98. The van der Waals surface area contributed by atoms with Gasteiger partial charge in [-0.1, -0.05) is 6.07 Å².